The van der Waals surface area contributed by atoms with Crippen LogP contribution in [-0.2, 0) is 6.54 Å². The summed E-state index contributed by atoms with van der Waals surface area (Å²) in [5.74, 6) is 1.97. The van der Waals surface area contributed by atoms with E-state index < -0.39 is 0 Å². The van der Waals surface area contributed by atoms with Crippen LogP contribution in [0.2, 0.25) is 0 Å². The Balaban J connectivity index is 2.15. The lowest BCUT2D eigenvalue weighted by Crippen LogP contribution is -2.32. The number of aromatic nitrogens is 3. The molecule has 4 nitrogen and oxygen atoms in total. The summed E-state index contributed by atoms with van der Waals surface area (Å²) < 4.78 is 3.27. The first-order valence-electron chi connectivity index (χ1n) is 6.10. The second kappa shape index (κ2) is 4.48. The van der Waals surface area contributed by atoms with E-state index in [-0.39, 0.29) is 6.04 Å². The van der Waals surface area contributed by atoms with Gasteiger partial charge in [-0.05, 0) is 26.0 Å². The van der Waals surface area contributed by atoms with E-state index in [9.17, 15) is 0 Å². The minimum atomic E-state index is 0.267. The number of hydrogen-bond donors (Lipinski definition) is 1. The van der Waals surface area contributed by atoms with Crippen LogP contribution in [0.4, 0.5) is 0 Å². The topological polar surface area (TPSA) is 42.7 Å². The number of halogens is 1. The van der Waals surface area contributed by atoms with Crippen molar-refractivity contribution in [2.24, 2.45) is 0 Å². The lowest BCUT2D eigenvalue weighted by Gasteiger charge is -2.22. The molecule has 94 valence electrons. The van der Waals surface area contributed by atoms with E-state index in [1.54, 1.807) is 0 Å². The first-order valence-corrected chi connectivity index (χ1v) is 6.89. The predicted molar refractivity (Wildman–Crippen MR) is 74.3 cm³/mol. The molecule has 1 unspecified atom stereocenters. The number of fused-ring (bicyclic) bond motifs is 1. The van der Waals surface area contributed by atoms with Crippen molar-refractivity contribution in [2.45, 2.75) is 26.4 Å². The van der Waals surface area contributed by atoms with Crippen LogP contribution in [-0.4, -0.2) is 21.3 Å². The van der Waals surface area contributed by atoms with Crippen molar-refractivity contribution in [3.8, 4) is 11.4 Å². The van der Waals surface area contributed by atoms with Gasteiger partial charge in [-0.15, -0.1) is 10.2 Å². The molecule has 2 heterocycles. The Bertz CT molecular complexity index is 591. The highest BCUT2D eigenvalue weighted by atomic mass is 79.9. The number of aryl methyl sites for hydroxylation is 1. The van der Waals surface area contributed by atoms with E-state index in [1.165, 1.54) is 5.56 Å². The third-order valence-corrected chi connectivity index (χ3v) is 4.01. The Morgan fingerprint density at radius 2 is 2.22 bits per heavy atom. The number of hydrogen-bond acceptors (Lipinski definition) is 3. The third-order valence-electron chi connectivity index (χ3n) is 3.32. The minimum Gasteiger partial charge on any atom is -0.308 e. The van der Waals surface area contributed by atoms with Gasteiger partial charge in [0.2, 0.25) is 0 Å². The van der Waals surface area contributed by atoms with Crippen LogP contribution >= 0.6 is 15.9 Å². The van der Waals surface area contributed by atoms with Gasteiger partial charge >= 0.3 is 0 Å². The van der Waals surface area contributed by atoms with Crippen LogP contribution in [0.1, 0.15) is 24.4 Å². The molecule has 1 N–H and O–H groups in total. The third kappa shape index (κ3) is 1.87. The molecule has 0 aliphatic carbocycles. The number of nitrogens with zero attached hydrogens (tertiary/aromatic N) is 3. The second-order valence-corrected chi connectivity index (χ2v) is 5.55. The van der Waals surface area contributed by atoms with E-state index in [1.807, 2.05) is 0 Å². The van der Waals surface area contributed by atoms with Crippen LogP contribution in [0.25, 0.3) is 11.4 Å². The summed E-state index contributed by atoms with van der Waals surface area (Å²) in [4.78, 5) is 0. The van der Waals surface area contributed by atoms with Crippen molar-refractivity contribution in [1.82, 2.24) is 20.1 Å². The molecule has 0 bridgehead atoms. The number of rotatable bonds is 1. The highest BCUT2D eigenvalue weighted by molar-refractivity contribution is 9.10. The van der Waals surface area contributed by atoms with E-state index in [2.05, 4.69) is 68.1 Å². The highest BCUT2D eigenvalue weighted by Gasteiger charge is 2.22. The maximum Gasteiger partial charge on any atom is 0.165 e. The molecule has 0 radical (unpaired) electrons. The molecule has 1 aromatic carbocycles. The zero-order valence-corrected chi connectivity index (χ0v) is 12.0. The van der Waals surface area contributed by atoms with Gasteiger partial charge in [0.25, 0.3) is 0 Å². The van der Waals surface area contributed by atoms with Crippen LogP contribution in [0.3, 0.4) is 0 Å². The quantitative estimate of drug-likeness (QED) is 0.881. The molecule has 1 aliphatic heterocycles. The molecule has 1 aliphatic rings. The first-order chi connectivity index (χ1) is 8.66. The maximum atomic E-state index is 4.36. The Kier molecular flexibility index (Phi) is 2.95. The largest absolute Gasteiger partial charge is 0.308 e. The van der Waals surface area contributed by atoms with E-state index in [4.69, 9.17) is 0 Å². The van der Waals surface area contributed by atoms with Crippen LogP contribution < -0.4 is 5.32 Å². The van der Waals surface area contributed by atoms with Gasteiger partial charge in [0.15, 0.2) is 5.82 Å². The molecule has 18 heavy (non-hydrogen) atoms. The maximum absolute atomic E-state index is 4.36. The van der Waals surface area contributed by atoms with Crippen molar-refractivity contribution in [3.63, 3.8) is 0 Å². The SMILES string of the molecule is Cc1ccc(Br)c(-c2nnc3n2CCNC3C)c1. The predicted octanol–water partition coefficient (Wildman–Crippen LogP) is 2.68. The monoisotopic (exact) mass is 306 g/mol. The molecule has 0 spiro atoms. The molecule has 0 saturated carbocycles. The molecule has 3 rings (SSSR count). The summed E-state index contributed by atoms with van der Waals surface area (Å²) in [7, 11) is 0. The summed E-state index contributed by atoms with van der Waals surface area (Å²) in [5, 5.41) is 12.1. The molecule has 5 heteroatoms. The minimum absolute atomic E-state index is 0.267. The van der Waals surface area contributed by atoms with Gasteiger partial charge in [-0.3, -0.25) is 0 Å². The van der Waals surface area contributed by atoms with Crippen LogP contribution in [0.15, 0.2) is 22.7 Å². The number of benzene rings is 1. The Morgan fingerprint density at radius 3 is 3.06 bits per heavy atom. The van der Waals surface area contributed by atoms with Gasteiger partial charge in [-0.2, -0.15) is 0 Å². The van der Waals surface area contributed by atoms with Crippen molar-refractivity contribution in [2.75, 3.05) is 6.54 Å². The molecule has 0 saturated heterocycles. The first kappa shape index (κ1) is 11.9. The molecular formula is C13H15BrN4. The molecule has 1 atom stereocenters. The van der Waals surface area contributed by atoms with Gasteiger partial charge in [-0.25, -0.2) is 0 Å². The van der Waals surface area contributed by atoms with E-state index >= 15 is 0 Å². The van der Waals surface area contributed by atoms with E-state index in [0.717, 1.165) is 34.8 Å². The Labute approximate surface area is 115 Å². The van der Waals surface area contributed by atoms with Gasteiger partial charge < -0.3 is 9.88 Å². The van der Waals surface area contributed by atoms with Crippen molar-refractivity contribution in [1.29, 1.82) is 0 Å². The summed E-state index contributed by atoms with van der Waals surface area (Å²) in [6.45, 7) is 6.09. The summed E-state index contributed by atoms with van der Waals surface area (Å²) in [6, 6.07) is 6.57. The molecular weight excluding hydrogens is 292 g/mol. The lowest BCUT2D eigenvalue weighted by atomic mass is 10.1. The number of nitrogens with one attached hydrogen (secondary N) is 1. The highest BCUT2D eigenvalue weighted by Crippen LogP contribution is 2.30. The van der Waals surface area contributed by atoms with Crippen molar-refractivity contribution >= 4 is 15.9 Å². The fourth-order valence-electron chi connectivity index (χ4n) is 2.35. The molecule has 0 fully saturated rings. The average molecular weight is 307 g/mol. The average Bonchev–Trinajstić information content (AvgIpc) is 2.77. The van der Waals surface area contributed by atoms with Crippen LogP contribution in [0.5, 0.6) is 0 Å². The summed E-state index contributed by atoms with van der Waals surface area (Å²) in [5.41, 5.74) is 2.34. The standard InChI is InChI=1S/C13H15BrN4/c1-8-3-4-11(14)10(7-8)13-17-16-12-9(2)15-5-6-18(12)13/h3-4,7,9,15H,5-6H2,1-2H3. The van der Waals surface area contributed by atoms with Gasteiger partial charge in [-0.1, -0.05) is 27.6 Å². The molecule has 1 aromatic heterocycles. The summed E-state index contributed by atoms with van der Waals surface area (Å²) in [6.07, 6.45) is 0. The Morgan fingerprint density at radius 1 is 1.39 bits per heavy atom. The van der Waals surface area contributed by atoms with Gasteiger partial charge in [0.1, 0.15) is 5.82 Å². The van der Waals surface area contributed by atoms with Crippen molar-refractivity contribution < 1.29 is 0 Å². The zero-order valence-electron chi connectivity index (χ0n) is 10.4. The fourth-order valence-corrected chi connectivity index (χ4v) is 2.77. The van der Waals surface area contributed by atoms with Gasteiger partial charge in [0, 0.05) is 23.1 Å². The summed E-state index contributed by atoms with van der Waals surface area (Å²) >= 11 is 3.60. The molecule has 2 aromatic rings. The lowest BCUT2D eigenvalue weighted by molar-refractivity contribution is 0.439. The zero-order chi connectivity index (χ0) is 12.7. The van der Waals surface area contributed by atoms with Crippen LogP contribution in [0, 0.1) is 6.92 Å². The fraction of sp³-hybridized carbons (Fsp3) is 0.385. The smallest absolute Gasteiger partial charge is 0.165 e. The Hall–Kier alpha value is -1.20. The van der Waals surface area contributed by atoms with Crippen molar-refractivity contribution in [3.05, 3.63) is 34.1 Å². The molecule has 0 amide bonds. The van der Waals surface area contributed by atoms with Gasteiger partial charge in [0.05, 0.1) is 6.04 Å². The second-order valence-electron chi connectivity index (χ2n) is 4.69. The normalized spacial score (nSPS) is 18.7. The van der Waals surface area contributed by atoms with E-state index in [0.29, 0.717) is 0 Å².